The quantitative estimate of drug-likeness (QED) is 0.488. The third-order valence-electron chi connectivity index (χ3n) is 4.87. The Morgan fingerprint density at radius 3 is 1.82 bits per heavy atom. The first kappa shape index (κ1) is 20.0. The first-order chi connectivity index (χ1) is 10.5. The maximum atomic E-state index is 6.92. The minimum atomic E-state index is -2.92. The van der Waals surface area contributed by atoms with Gasteiger partial charge in [-0.15, -0.1) is 0 Å². The summed E-state index contributed by atoms with van der Waals surface area (Å²) in [7, 11) is 1.97. The maximum absolute atomic E-state index is 6.92. The average molecular weight is 336 g/mol. The van der Waals surface area contributed by atoms with E-state index in [0.717, 1.165) is 25.7 Å². The highest BCUT2D eigenvalue weighted by atomic mass is 28.4. The van der Waals surface area contributed by atoms with Crippen LogP contribution < -0.4 is 5.73 Å². The Morgan fingerprint density at radius 1 is 0.955 bits per heavy atom. The molecular formula is C15H33NO5Si. The van der Waals surface area contributed by atoms with E-state index in [4.69, 9.17) is 28.5 Å². The summed E-state index contributed by atoms with van der Waals surface area (Å²) in [6.45, 7) is 7.12. The summed E-state index contributed by atoms with van der Waals surface area (Å²) in [6, 6.07) is 0. The number of rotatable bonds is 10. The third-order valence-corrected chi connectivity index (χ3v) is 8.35. The fourth-order valence-corrected chi connectivity index (χ4v) is 6.85. The van der Waals surface area contributed by atoms with Crippen LogP contribution in [0.15, 0.2) is 0 Å². The van der Waals surface area contributed by atoms with E-state index in [9.17, 15) is 0 Å². The van der Waals surface area contributed by atoms with Crippen LogP contribution in [0.3, 0.4) is 0 Å². The van der Waals surface area contributed by atoms with Gasteiger partial charge in [-0.2, -0.15) is 0 Å². The molecule has 0 amide bonds. The van der Waals surface area contributed by atoms with Crippen LogP contribution in [0.1, 0.15) is 46.5 Å². The number of ether oxygens (including phenoxy) is 2. The molecule has 0 saturated heterocycles. The van der Waals surface area contributed by atoms with Crippen molar-refractivity contribution in [2.24, 2.45) is 5.73 Å². The monoisotopic (exact) mass is 335 g/mol. The van der Waals surface area contributed by atoms with E-state index >= 15 is 0 Å². The molecule has 2 atom stereocenters. The van der Waals surface area contributed by atoms with Crippen LogP contribution >= 0.6 is 0 Å². The van der Waals surface area contributed by atoms with Crippen molar-refractivity contribution in [3.63, 3.8) is 0 Å². The van der Waals surface area contributed by atoms with Gasteiger partial charge in [0, 0.05) is 41.0 Å². The summed E-state index contributed by atoms with van der Waals surface area (Å²) < 4.78 is 29.3. The van der Waals surface area contributed by atoms with Crippen LogP contribution in [0.2, 0.25) is 5.54 Å². The maximum Gasteiger partial charge on any atom is 0.505 e. The molecule has 1 fully saturated rings. The highest BCUT2D eigenvalue weighted by Gasteiger charge is 2.66. The first-order valence-electron chi connectivity index (χ1n) is 8.18. The van der Waals surface area contributed by atoms with Crippen molar-refractivity contribution in [2.45, 2.75) is 63.3 Å². The minimum Gasteiger partial charge on any atom is -0.377 e. The fraction of sp³-hybridized carbons (Fsp3) is 1.00. The van der Waals surface area contributed by atoms with Gasteiger partial charge in [-0.1, -0.05) is 6.92 Å². The van der Waals surface area contributed by atoms with Gasteiger partial charge in [0.05, 0.1) is 11.1 Å². The molecule has 0 bridgehead atoms. The second-order valence-electron chi connectivity index (χ2n) is 5.69. The Kier molecular flexibility index (Phi) is 7.45. The largest absolute Gasteiger partial charge is 0.505 e. The molecule has 6 nitrogen and oxygen atoms in total. The molecule has 0 radical (unpaired) electrons. The zero-order valence-corrected chi connectivity index (χ0v) is 15.9. The Hall–Kier alpha value is -0.0231. The molecule has 22 heavy (non-hydrogen) atoms. The van der Waals surface area contributed by atoms with Gasteiger partial charge in [0.15, 0.2) is 5.79 Å². The smallest absolute Gasteiger partial charge is 0.377 e. The third kappa shape index (κ3) is 3.13. The van der Waals surface area contributed by atoms with Crippen molar-refractivity contribution < 1.29 is 22.8 Å². The van der Waals surface area contributed by atoms with E-state index in [1.165, 1.54) is 0 Å². The molecule has 2 unspecified atom stereocenters. The molecule has 0 spiro atoms. The van der Waals surface area contributed by atoms with Crippen LogP contribution in [0, 0.1) is 0 Å². The highest BCUT2D eigenvalue weighted by molar-refractivity contribution is 6.62. The Bertz CT molecular complexity index is 326. The topological polar surface area (TPSA) is 72.2 Å². The van der Waals surface area contributed by atoms with Gasteiger partial charge in [0.2, 0.25) is 0 Å². The summed E-state index contributed by atoms with van der Waals surface area (Å²) in [6.07, 6.45) is 3.31. The van der Waals surface area contributed by atoms with E-state index in [-0.39, 0.29) is 5.54 Å². The highest BCUT2D eigenvalue weighted by Crippen LogP contribution is 2.52. The molecule has 1 aliphatic carbocycles. The van der Waals surface area contributed by atoms with Gasteiger partial charge in [0.25, 0.3) is 0 Å². The molecule has 0 aliphatic heterocycles. The second-order valence-corrected chi connectivity index (χ2v) is 8.82. The first-order valence-corrected chi connectivity index (χ1v) is 9.98. The van der Waals surface area contributed by atoms with Crippen LogP contribution in [0.25, 0.3) is 0 Å². The Labute approximate surface area is 136 Å². The molecule has 1 aliphatic rings. The predicted octanol–water partition coefficient (Wildman–Crippen LogP) is 2.30. The normalized spacial score (nSPS) is 26.3. The van der Waals surface area contributed by atoms with Crippen LogP contribution in [0.5, 0.6) is 0 Å². The van der Waals surface area contributed by atoms with Crippen LogP contribution in [0.4, 0.5) is 0 Å². The molecule has 7 heteroatoms. The van der Waals surface area contributed by atoms with Crippen molar-refractivity contribution in [1.29, 1.82) is 0 Å². The average Bonchev–Trinajstić information content (AvgIpc) is 2.83. The van der Waals surface area contributed by atoms with Crippen molar-refractivity contribution in [3.8, 4) is 0 Å². The lowest BCUT2D eigenvalue weighted by Crippen LogP contribution is -2.68. The van der Waals surface area contributed by atoms with Gasteiger partial charge in [-0.05, 0) is 33.1 Å². The van der Waals surface area contributed by atoms with Crippen LogP contribution in [-0.2, 0) is 22.8 Å². The van der Waals surface area contributed by atoms with Crippen molar-refractivity contribution in [3.05, 3.63) is 0 Å². The SMILES string of the molecule is CCOC1(OCC)CCCC1(N)C(CC)[Si](OC)(OC)OC. The summed E-state index contributed by atoms with van der Waals surface area (Å²) in [4.78, 5) is 0. The lowest BCUT2D eigenvalue weighted by atomic mass is 9.87. The van der Waals surface area contributed by atoms with Gasteiger partial charge >= 0.3 is 8.80 Å². The van der Waals surface area contributed by atoms with E-state index in [1.807, 2.05) is 13.8 Å². The molecule has 0 heterocycles. The van der Waals surface area contributed by atoms with Crippen molar-refractivity contribution >= 4 is 8.80 Å². The van der Waals surface area contributed by atoms with E-state index < -0.39 is 20.1 Å². The molecule has 1 rings (SSSR count). The lowest BCUT2D eigenvalue weighted by molar-refractivity contribution is -0.262. The second kappa shape index (κ2) is 8.19. The Balaban J connectivity index is 3.31. The van der Waals surface area contributed by atoms with Gasteiger partial charge < -0.3 is 28.5 Å². The molecule has 132 valence electrons. The number of hydrogen-bond acceptors (Lipinski definition) is 6. The van der Waals surface area contributed by atoms with Gasteiger partial charge in [0.1, 0.15) is 0 Å². The van der Waals surface area contributed by atoms with E-state index in [2.05, 4.69) is 6.92 Å². The van der Waals surface area contributed by atoms with Crippen molar-refractivity contribution in [2.75, 3.05) is 34.5 Å². The number of hydrogen-bond donors (Lipinski definition) is 1. The van der Waals surface area contributed by atoms with E-state index in [0.29, 0.717) is 13.2 Å². The summed E-state index contributed by atoms with van der Waals surface area (Å²) in [5.74, 6) is -0.801. The molecular weight excluding hydrogens is 302 g/mol. The number of nitrogens with two attached hydrogens (primary N) is 1. The standard InChI is InChI=1S/C15H33NO5Si/c1-7-13(22(17-4,18-5)19-6)14(16)11-10-12-15(14,20-8-2)21-9-3/h13H,7-12,16H2,1-6H3. The zero-order chi connectivity index (χ0) is 16.9. The van der Waals surface area contributed by atoms with Gasteiger partial charge in [-0.3, -0.25) is 0 Å². The molecule has 0 aromatic carbocycles. The molecule has 0 aromatic rings. The van der Waals surface area contributed by atoms with E-state index in [1.54, 1.807) is 21.3 Å². The van der Waals surface area contributed by atoms with Crippen molar-refractivity contribution in [1.82, 2.24) is 0 Å². The zero-order valence-electron chi connectivity index (χ0n) is 14.9. The summed E-state index contributed by atoms with van der Waals surface area (Å²) in [5.41, 5.74) is 6.13. The summed E-state index contributed by atoms with van der Waals surface area (Å²) in [5, 5.41) is 0. The minimum absolute atomic E-state index is 0.0967. The molecule has 2 N–H and O–H groups in total. The fourth-order valence-electron chi connectivity index (χ4n) is 4.00. The molecule has 0 aromatic heterocycles. The van der Waals surface area contributed by atoms with Gasteiger partial charge in [-0.25, -0.2) is 0 Å². The van der Waals surface area contributed by atoms with Crippen LogP contribution in [-0.4, -0.2) is 54.7 Å². The lowest BCUT2D eigenvalue weighted by Gasteiger charge is -2.49. The molecule has 1 saturated carbocycles. The predicted molar refractivity (Wildman–Crippen MR) is 87.6 cm³/mol. The Morgan fingerprint density at radius 2 is 1.45 bits per heavy atom. The summed E-state index contributed by atoms with van der Waals surface area (Å²) >= 11 is 0.